The molecule has 3 nitrogen and oxygen atoms in total. The Bertz CT molecular complexity index is 569. The van der Waals surface area contributed by atoms with Crippen LogP contribution in [0.5, 0.6) is 0 Å². The van der Waals surface area contributed by atoms with Gasteiger partial charge in [-0.15, -0.1) is 11.3 Å². The molecule has 20 heavy (non-hydrogen) atoms. The highest BCUT2D eigenvalue weighted by molar-refractivity contribution is 7.15. The number of nitrogens with one attached hydrogen (secondary N) is 1. The van der Waals surface area contributed by atoms with Crippen LogP contribution in [0.2, 0.25) is 5.02 Å². The van der Waals surface area contributed by atoms with Gasteiger partial charge in [0.25, 0.3) is 0 Å². The maximum atomic E-state index is 13.7. The number of hydrogen-bond donors (Lipinski definition) is 1. The molecule has 0 spiro atoms. The predicted octanol–water partition coefficient (Wildman–Crippen LogP) is 4.39. The van der Waals surface area contributed by atoms with E-state index in [1.165, 1.54) is 6.07 Å². The van der Waals surface area contributed by atoms with Gasteiger partial charge in [0.05, 0.1) is 17.3 Å². The molecule has 0 aliphatic carbocycles. The van der Waals surface area contributed by atoms with Gasteiger partial charge in [-0.2, -0.15) is 0 Å². The molecule has 0 radical (unpaired) electrons. The summed E-state index contributed by atoms with van der Waals surface area (Å²) in [4.78, 5) is 7.65. The van der Waals surface area contributed by atoms with Crippen molar-refractivity contribution in [3.05, 3.63) is 40.1 Å². The topological polar surface area (TPSA) is 28.2 Å². The van der Waals surface area contributed by atoms with Gasteiger partial charge in [0.15, 0.2) is 10.9 Å². The lowest BCUT2D eigenvalue weighted by Crippen LogP contribution is -2.21. The molecule has 1 aromatic heterocycles. The number of hydrogen-bond acceptors (Lipinski definition) is 4. The van der Waals surface area contributed by atoms with E-state index in [0.29, 0.717) is 12.2 Å². The van der Waals surface area contributed by atoms with Crippen LogP contribution < -0.4 is 10.2 Å². The minimum Gasteiger partial charge on any atom is -0.378 e. The monoisotopic (exact) mass is 313 g/mol. The molecule has 0 unspecified atom stereocenters. The molecule has 1 aromatic carbocycles. The molecule has 1 heterocycles. The highest BCUT2D eigenvalue weighted by Crippen LogP contribution is 2.25. The third-order valence-electron chi connectivity index (χ3n) is 2.98. The third-order valence-corrected chi connectivity index (χ3v) is 4.33. The zero-order chi connectivity index (χ0) is 14.5. The fourth-order valence-electron chi connectivity index (χ4n) is 1.84. The quantitative estimate of drug-likeness (QED) is 0.857. The number of rotatable bonds is 6. The van der Waals surface area contributed by atoms with Gasteiger partial charge < -0.3 is 10.2 Å². The molecule has 6 heteroatoms. The van der Waals surface area contributed by atoms with Gasteiger partial charge in [0, 0.05) is 24.2 Å². The highest BCUT2D eigenvalue weighted by atomic mass is 35.5. The molecule has 0 aliphatic heterocycles. The summed E-state index contributed by atoms with van der Waals surface area (Å²) < 4.78 is 13.7. The molecule has 0 saturated carbocycles. The Balaban J connectivity index is 2.03. The summed E-state index contributed by atoms with van der Waals surface area (Å²) in [5.74, 6) is -0.414. The van der Waals surface area contributed by atoms with Crippen molar-refractivity contribution in [2.24, 2.45) is 0 Å². The van der Waals surface area contributed by atoms with Crippen LogP contribution >= 0.6 is 22.9 Å². The lowest BCUT2D eigenvalue weighted by atomic mass is 10.3. The average molecular weight is 314 g/mol. The van der Waals surface area contributed by atoms with Gasteiger partial charge in [-0.1, -0.05) is 17.7 Å². The van der Waals surface area contributed by atoms with E-state index in [1.54, 1.807) is 23.5 Å². The van der Waals surface area contributed by atoms with Crippen molar-refractivity contribution in [2.75, 3.05) is 23.3 Å². The normalized spacial score (nSPS) is 10.6. The number of aromatic nitrogens is 1. The number of benzene rings is 1. The molecule has 0 atom stereocenters. The average Bonchev–Trinajstić information content (AvgIpc) is 2.91. The van der Waals surface area contributed by atoms with E-state index in [0.717, 1.165) is 23.1 Å². The van der Waals surface area contributed by atoms with E-state index >= 15 is 0 Å². The van der Waals surface area contributed by atoms with Crippen molar-refractivity contribution in [3.63, 3.8) is 0 Å². The fraction of sp³-hybridized carbons (Fsp3) is 0.357. The first-order chi connectivity index (χ1) is 9.65. The SMILES string of the molecule is CCN(CC)c1ncc(CNc2cccc(Cl)c2F)s1. The Morgan fingerprint density at radius 3 is 2.80 bits per heavy atom. The van der Waals surface area contributed by atoms with Crippen molar-refractivity contribution in [3.8, 4) is 0 Å². The molecule has 0 saturated heterocycles. The molecule has 2 aromatic rings. The molecule has 0 bridgehead atoms. The molecular weight excluding hydrogens is 297 g/mol. The first-order valence-corrected chi connectivity index (χ1v) is 7.72. The molecule has 2 rings (SSSR count). The second-order valence-electron chi connectivity index (χ2n) is 4.24. The third kappa shape index (κ3) is 3.41. The molecule has 1 N–H and O–H groups in total. The van der Waals surface area contributed by atoms with Crippen LogP contribution in [0.25, 0.3) is 0 Å². The smallest absolute Gasteiger partial charge is 0.185 e. The maximum absolute atomic E-state index is 13.7. The van der Waals surface area contributed by atoms with E-state index in [2.05, 4.69) is 29.0 Å². The van der Waals surface area contributed by atoms with Crippen LogP contribution in [-0.4, -0.2) is 18.1 Å². The van der Waals surface area contributed by atoms with E-state index < -0.39 is 5.82 Å². The van der Waals surface area contributed by atoms with Gasteiger partial charge >= 0.3 is 0 Å². The fourth-order valence-corrected chi connectivity index (χ4v) is 2.99. The lowest BCUT2D eigenvalue weighted by Gasteiger charge is -2.16. The number of anilines is 2. The van der Waals surface area contributed by atoms with Crippen molar-refractivity contribution in [1.29, 1.82) is 0 Å². The van der Waals surface area contributed by atoms with E-state index in [1.807, 2.05) is 6.20 Å². The van der Waals surface area contributed by atoms with Crippen LogP contribution in [0.1, 0.15) is 18.7 Å². The molecule has 0 amide bonds. The molecule has 0 aliphatic rings. The molecular formula is C14H17ClFN3S. The van der Waals surface area contributed by atoms with Crippen molar-refractivity contribution >= 4 is 33.8 Å². The second kappa shape index (κ2) is 6.90. The summed E-state index contributed by atoms with van der Waals surface area (Å²) in [5.41, 5.74) is 0.412. The summed E-state index contributed by atoms with van der Waals surface area (Å²) >= 11 is 7.36. The Kier molecular flexibility index (Phi) is 5.20. The highest BCUT2D eigenvalue weighted by Gasteiger charge is 2.09. The Hall–Kier alpha value is -1.33. The zero-order valence-corrected chi connectivity index (χ0v) is 13.1. The number of halogens is 2. The van der Waals surface area contributed by atoms with Crippen molar-refractivity contribution in [1.82, 2.24) is 4.98 Å². The zero-order valence-electron chi connectivity index (χ0n) is 11.5. The van der Waals surface area contributed by atoms with Gasteiger partial charge in [-0.05, 0) is 26.0 Å². The molecule has 0 fully saturated rings. The summed E-state index contributed by atoms with van der Waals surface area (Å²) in [7, 11) is 0. The maximum Gasteiger partial charge on any atom is 0.185 e. The summed E-state index contributed by atoms with van der Waals surface area (Å²) in [6.45, 7) is 6.60. The Morgan fingerprint density at radius 1 is 1.35 bits per heavy atom. The number of thiazole rings is 1. The van der Waals surface area contributed by atoms with Gasteiger partial charge in [0.2, 0.25) is 0 Å². The van der Waals surface area contributed by atoms with E-state index in [-0.39, 0.29) is 5.02 Å². The Morgan fingerprint density at radius 2 is 2.10 bits per heavy atom. The van der Waals surface area contributed by atoms with E-state index in [4.69, 9.17) is 11.6 Å². The summed E-state index contributed by atoms with van der Waals surface area (Å²) in [6.07, 6.45) is 1.83. The van der Waals surface area contributed by atoms with Crippen LogP contribution in [0, 0.1) is 5.82 Å². The standard InChI is InChI=1S/C14H17ClFN3S/c1-3-19(4-2)14-18-9-10(20-14)8-17-12-7-5-6-11(15)13(12)16/h5-7,9,17H,3-4,8H2,1-2H3. The van der Waals surface area contributed by atoms with Crippen LogP contribution in [0.15, 0.2) is 24.4 Å². The van der Waals surface area contributed by atoms with Crippen LogP contribution in [-0.2, 0) is 6.54 Å². The van der Waals surface area contributed by atoms with Gasteiger partial charge in [-0.25, -0.2) is 9.37 Å². The second-order valence-corrected chi connectivity index (χ2v) is 5.74. The first kappa shape index (κ1) is 15.1. The predicted molar refractivity (Wildman–Crippen MR) is 84.4 cm³/mol. The largest absolute Gasteiger partial charge is 0.378 e. The van der Waals surface area contributed by atoms with Crippen molar-refractivity contribution < 1.29 is 4.39 Å². The van der Waals surface area contributed by atoms with E-state index in [9.17, 15) is 4.39 Å². The number of nitrogens with zero attached hydrogens (tertiary/aromatic N) is 2. The first-order valence-electron chi connectivity index (χ1n) is 6.53. The van der Waals surface area contributed by atoms with Gasteiger partial charge in [0.1, 0.15) is 0 Å². The lowest BCUT2D eigenvalue weighted by molar-refractivity contribution is 0.630. The minimum absolute atomic E-state index is 0.128. The van der Waals surface area contributed by atoms with Crippen LogP contribution in [0.4, 0.5) is 15.2 Å². The van der Waals surface area contributed by atoms with Crippen molar-refractivity contribution in [2.45, 2.75) is 20.4 Å². The van der Waals surface area contributed by atoms with Gasteiger partial charge in [-0.3, -0.25) is 0 Å². The molecule has 108 valence electrons. The summed E-state index contributed by atoms with van der Waals surface area (Å²) in [6, 6.07) is 4.93. The Labute approximate surface area is 127 Å². The van der Waals surface area contributed by atoms with Crippen LogP contribution in [0.3, 0.4) is 0 Å². The minimum atomic E-state index is -0.414. The summed E-state index contributed by atoms with van der Waals surface area (Å²) in [5, 5.41) is 4.18.